The number of carbonyl (C=O) groups is 3. The zero-order chi connectivity index (χ0) is 26.5. The van der Waals surface area contributed by atoms with Crippen molar-refractivity contribution >= 4 is 46.1 Å². The van der Waals surface area contributed by atoms with Crippen LogP contribution in [0.1, 0.15) is 21.5 Å². The fourth-order valence-electron chi connectivity index (χ4n) is 3.33. The summed E-state index contributed by atoms with van der Waals surface area (Å²) in [4.78, 5) is 59.0. The maximum atomic E-state index is 12.7. The quantitative estimate of drug-likeness (QED) is 0.165. The summed E-state index contributed by atoms with van der Waals surface area (Å²) in [5.41, 5.74) is 1.36. The number of thioether (sulfide) groups is 1. The van der Waals surface area contributed by atoms with Crippen LogP contribution in [-0.2, 0) is 11.4 Å². The topological polar surface area (TPSA) is 150 Å². The Balaban J connectivity index is 1.36. The summed E-state index contributed by atoms with van der Waals surface area (Å²) >= 11 is 0.713. The number of amides is 2. The normalized spacial score (nSPS) is 14.2. The Hall–Kier alpha value is -4.84. The summed E-state index contributed by atoms with van der Waals surface area (Å²) in [6.45, 7) is -0.270. The van der Waals surface area contributed by atoms with Gasteiger partial charge >= 0.3 is 0 Å². The molecule has 0 bridgehead atoms. The van der Waals surface area contributed by atoms with E-state index in [-0.39, 0.29) is 28.5 Å². The van der Waals surface area contributed by atoms with E-state index in [0.717, 1.165) is 10.5 Å². The standard InChI is InChI=1S/C25H17N3O8S/c29-22(18-5-9-20(10-6-18)28(34)35)14-26-24(30)23(37-25(26)31)13-16-3-11-21(12-4-16)36-15-17-1-7-19(8-2-17)27(32)33/h1-13H,14-15H2/b23-13+. The minimum absolute atomic E-state index is 0.00627. The molecular weight excluding hydrogens is 502 g/mol. The minimum Gasteiger partial charge on any atom is -0.489 e. The number of hydrogen-bond donors (Lipinski definition) is 0. The van der Waals surface area contributed by atoms with Crippen LogP contribution in [0.25, 0.3) is 6.08 Å². The Labute approximate surface area is 213 Å². The summed E-state index contributed by atoms with van der Waals surface area (Å²) in [7, 11) is 0. The predicted octanol–water partition coefficient (Wildman–Crippen LogP) is 5.00. The number of ether oxygens (including phenoxy) is 1. The second kappa shape index (κ2) is 10.8. The summed E-state index contributed by atoms with van der Waals surface area (Å²) in [5.74, 6) is -0.589. The van der Waals surface area contributed by atoms with Gasteiger partial charge in [0, 0.05) is 29.8 Å². The first kappa shape index (κ1) is 25.3. The van der Waals surface area contributed by atoms with Gasteiger partial charge in [0.05, 0.1) is 21.3 Å². The Morgan fingerprint density at radius 2 is 1.43 bits per heavy atom. The molecule has 0 N–H and O–H groups in total. The number of nitro groups is 2. The fourth-order valence-corrected chi connectivity index (χ4v) is 4.17. The lowest BCUT2D eigenvalue weighted by Gasteiger charge is -2.11. The Morgan fingerprint density at radius 3 is 2.00 bits per heavy atom. The highest BCUT2D eigenvalue weighted by Gasteiger charge is 2.36. The Kier molecular flexibility index (Phi) is 7.39. The SMILES string of the molecule is O=C(CN1C(=O)S/C(=C/c2ccc(OCc3ccc([N+](=O)[O-])cc3)cc2)C1=O)c1ccc([N+](=O)[O-])cc1. The summed E-state index contributed by atoms with van der Waals surface area (Å²) in [6, 6.07) is 17.7. The summed E-state index contributed by atoms with van der Waals surface area (Å²) in [5, 5.41) is 20.9. The largest absolute Gasteiger partial charge is 0.489 e. The van der Waals surface area contributed by atoms with Gasteiger partial charge in [0.2, 0.25) is 0 Å². The molecule has 0 aromatic heterocycles. The highest BCUT2D eigenvalue weighted by atomic mass is 32.2. The third-order valence-electron chi connectivity index (χ3n) is 5.31. The second-order valence-electron chi connectivity index (χ2n) is 7.78. The number of ketones is 1. The average Bonchev–Trinajstić information content (AvgIpc) is 3.15. The molecule has 1 saturated heterocycles. The lowest BCUT2D eigenvalue weighted by molar-refractivity contribution is -0.385. The van der Waals surface area contributed by atoms with Crippen molar-refractivity contribution in [3.8, 4) is 5.75 Å². The third kappa shape index (κ3) is 6.05. The number of benzene rings is 3. The zero-order valence-corrected chi connectivity index (χ0v) is 19.8. The molecule has 0 saturated carbocycles. The monoisotopic (exact) mass is 519 g/mol. The zero-order valence-electron chi connectivity index (χ0n) is 18.9. The third-order valence-corrected chi connectivity index (χ3v) is 6.21. The van der Waals surface area contributed by atoms with E-state index in [1.54, 1.807) is 36.4 Å². The van der Waals surface area contributed by atoms with E-state index in [1.807, 2.05) is 0 Å². The Morgan fingerprint density at radius 1 is 0.865 bits per heavy atom. The van der Waals surface area contributed by atoms with E-state index in [4.69, 9.17) is 4.74 Å². The maximum Gasteiger partial charge on any atom is 0.293 e. The first-order valence-electron chi connectivity index (χ1n) is 10.7. The van der Waals surface area contributed by atoms with Gasteiger partial charge in [-0.05, 0) is 65.4 Å². The van der Waals surface area contributed by atoms with Crippen LogP contribution >= 0.6 is 11.8 Å². The molecule has 0 atom stereocenters. The molecule has 0 unspecified atom stereocenters. The van der Waals surface area contributed by atoms with Crippen molar-refractivity contribution in [1.82, 2.24) is 4.90 Å². The van der Waals surface area contributed by atoms with Crippen LogP contribution in [-0.4, -0.2) is 38.2 Å². The lowest BCUT2D eigenvalue weighted by Crippen LogP contribution is -2.33. The highest BCUT2D eigenvalue weighted by Crippen LogP contribution is 2.32. The number of rotatable bonds is 9. The first-order chi connectivity index (χ1) is 17.7. The number of Topliss-reactive ketones (excluding diaryl/α,β-unsaturated/α-hetero) is 1. The summed E-state index contributed by atoms with van der Waals surface area (Å²) < 4.78 is 5.68. The average molecular weight is 519 g/mol. The van der Waals surface area contributed by atoms with E-state index in [0.29, 0.717) is 23.1 Å². The van der Waals surface area contributed by atoms with Crippen LogP contribution in [0.2, 0.25) is 0 Å². The van der Waals surface area contributed by atoms with Gasteiger partial charge < -0.3 is 4.74 Å². The maximum absolute atomic E-state index is 12.7. The van der Waals surface area contributed by atoms with Crippen LogP contribution in [0.15, 0.2) is 77.7 Å². The second-order valence-corrected chi connectivity index (χ2v) is 8.77. The van der Waals surface area contributed by atoms with E-state index in [2.05, 4.69) is 0 Å². The lowest BCUT2D eigenvalue weighted by atomic mass is 10.1. The number of nitro benzene ring substituents is 2. The van der Waals surface area contributed by atoms with Crippen LogP contribution < -0.4 is 4.74 Å². The molecule has 2 amide bonds. The molecule has 1 heterocycles. The van der Waals surface area contributed by atoms with Gasteiger partial charge in [0.1, 0.15) is 12.4 Å². The molecule has 0 spiro atoms. The molecule has 37 heavy (non-hydrogen) atoms. The van der Waals surface area contributed by atoms with Crippen molar-refractivity contribution in [2.75, 3.05) is 6.54 Å². The van der Waals surface area contributed by atoms with Gasteiger partial charge in [-0.2, -0.15) is 0 Å². The Bertz CT molecular complexity index is 1420. The van der Waals surface area contributed by atoms with E-state index in [9.17, 15) is 34.6 Å². The van der Waals surface area contributed by atoms with E-state index in [1.165, 1.54) is 42.5 Å². The summed E-state index contributed by atoms with van der Waals surface area (Å²) in [6.07, 6.45) is 1.53. The van der Waals surface area contributed by atoms with Gasteiger partial charge in [0.25, 0.3) is 22.5 Å². The number of hydrogen-bond acceptors (Lipinski definition) is 9. The van der Waals surface area contributed by atoms with Crippen molar-refractivity contribution in [3.05, 3.63) is 115 Å². The molecule has 1 aliphatic heterocycles. The molecular formula is C25H17N3O8S. The van der Waals surface area contributed by atoms with Crippen molar-refractivity contribution in [2.24, 2.45) is 0 Å². The van der Waals surface area contributed by atoms with Crippen LogP contribution in [0, 0.1) is 20.2 Å². The van der Waals surface area contributed by atoms with Gasteiger partial charge in [-0.15, -0.1) is 0 Å². The van der Waals surface area contributed by atoms with Crippen LogP contribution in [0.5, 0.6) is 5.75 Å². The van der Waals surface area contributed by atoms with Crippen molar-refractivity contribution in [1.29, 1.82) is 0 Å². The predicted molar refractivity (Wildman–Crippen MR) is 134 cm³/mol. The number of non-ortho nitro benzene ring substituents is 2. The molecule has 4 rings (SSSR count). The number of imide groups is 1. The molecule has 1 fully saturated rings. The molecule has 186 valence electrons. The molecule has 0 aliphatic carbocycles. The van der Waals surface area contributed by atoms with E-state index < -0.39 is 33.3 Å². The molecule has 1 aliphatic rings. The minimum atomic E-state index is -0.608. The number of nitrogens with zero attached hydrogens (tertiary/aromatic N) is 3. The first-order valence-corrected chi connectivity index (χ1v) is 11.5. The van der Waals surface area contributed by atoms with Gasteiger partial charge in [0.15, 0.2) is 5.78 Å². The van der Waals surface area contributed by atoms with Gasteiger partial charge in [-0.1, -0.05) is 12.1 Å². The smallest absolute Gasteiger partial charge is 0.293 e. The van der Waals surface area contributed by atoms with Crippen molar-refractivity contribution in [2.45, 2.75) is 6.61 Å². The van der Waals surface area contributed by atoms with Crippen LogP contribution in [0.4, 0.5) is 16.2 Å². The van der Waals surface area contributed by atoms with Crippen molar-refractivity contribution < 1.29 is 29.0 Å². The molecule has 11 nitrogen and oxygen atoms in total. The molecule has 3 aromatic carbocycles. The fraction of sp³-hybridized carbons (Fsp3) is 0.0800. The molecule has 3 aromatic rings. The highest BCUT2D eigenvalue weighted by molar-refractivity contribution is 8.18. The van der Waals surface area contributed by atoms with E-state index >= 15 is 0 Å². The molecule has 0 radical (unpaired) electrons. The van der Waals surface area contributed by atoms with Crippen LogP contribution in [0.3, 0.4) is 0 Å². The van der Waals surface area contributed by atoms with Gasteiger partial charge in [-0.3, -0.25) is 39.5 Å². The van der Waals surface area contributed by atoms with Gasteiger partial charge in [-0.25, -0.2) is 0 Å². The molecule has 12 heteroatoms. The number of carbonyl (C=O) groups excluding carboxylic acids is 3. The van der Waals surface area contributed by atoms with Crippen molar-refractivity contribution in [3.63, 3.8) is 0 Å².